The molecule has 0 bridgehead atoms. The Labute approximate surface area is 107 Å². The number of hydrogen-bond acceptors (Lipinski definition) is 3. The fourth-order valence-electron chi connectivity index (χ4n) is 3.02. The predicted octanol–water partition coefficient (Wildman–Crippen LogP) is 1.10. The summed E-state index contributed by atoms with van der Waals surface area (Å²) in [7, 11) is 0. The largest absolute Gasteiger partial charge is 0.508 e. The summed E-state index contributed by atoms with van der Waals surface area (Å²) in [4.78, 5) is 14.2. The normalized spacial score (nSPS) is 27.3. The maximum atomic E-state index is 12.3. The van der Waals surface area contributed by atoms with E-state index in [0.717, 1.165) is 31.5 Å². The molecule has 2 aliphatic heterocycles. The summed E-state index contributed by atoms with van der Waals surface area (Å²) in [6.45, 7) is 2.41. The molecule has 1 aromatic carbocycles. The van der Waals surface area contributed by atoms with Crippen molar-refractivity contribution >= 4 is 5.91 Å². The van der Waals surface area contributed by atoms with E-state index < -0.39 is 0 Å². The van der Waals surface area contributed by atoms with E-state index in [1.54, 1.807) is 12.1 Å². The Kier molecular flexibility index (Phi) is 2.96. The number of phenolic OH excluding ortho intramolecular Hbond substituents is 1. The number of rotatable bonds is 2. The molecule has 3 rings (SSSR count). The molecule has 0 spiro atoms. The first-order valence-corrected chi connectivity index (χ1v) is 6.54. The smallest absolute Gasteiger partial charge is 0.227 e. The summed E-state index contributed by atoms with van der Waals surface area (Å²) in [5, 5.41) is 12.9. The fourth-order valence-corrected chi connectivity index (χ4v) is 3.02. The van der Waals surface area contributed by atoms with Crippen LogP contribution >= 0.6 is 0 Å². The summed E-state index contributed by atoms with van der Waals surface area (Å²) < 4.78 is 0. The number of likely N-dealkylation sites (tertiary alicyclic amines) is 1. The van der Waals surface area contributed by atoms with E-state index in [4.69, 9.17) is 0 Å². The van der Waals surface area contributed by atoms with Gasteiger partial charge in [-0.25, -0.2) is 0 Å². The van der Waals surface area contributed by atoms with Crippen molar-refractivity contribution in [3.8, 4) is 5.75 Å². The third-order valence-corrected chi connectivity index (χ3v) is 3.91. The second-order valence-electron chi connectivity index (χ2n) is 5.20. The molecule has 2 unspecified atom stereocenters. The highest BCUT2D eigenvalue weighted by atomic mass is 16.3. The molecule has 96 valence electrons. The molecule has 2 heterocycles. The van der Waals surface area contributed by atoms with Crippen molar-refractivity contribution in [1.29, 1.82) is 0 Å². The number of fused-ring (bicyclic) bond motifs is 1. The lowest BCUT2D eigenvalue weighted by Crippen LogP contribution is -2.41. The molecule has 0 aliphatic carbocycles. The zero-order valence-electron chi connectivity index (χ0n) is 10.3. The molecule has 1 amide bonds. The monoisotopic (exact) mass is 246 g/mol. The molecule has 0 aromatic heterocycles. The molecule has 2 atom stereocenters. The van der Waals surface area contributed by atoms with E-state index in [1.165, 1.54) is 0 Å². The Morgan fingerprint density at radius 1 is 1.44 bits per heavy atom. The minimum Gasteiger partial charge on any atom is -0.508 e. The molecule has 2 fully saturated rings. The van der Waals surface area contributed by atoms with Gasteiger partial charge in [0.05, 0.1) is 5.92 Å². The van der Waals surface area contributed by atoms with Crippen LogP contribution in [0.25, 0.3) is 0 Å². The molecule has 2 N–H and O–H groups in total. The van der Waals surface area contributed by atoms with Gasteiger partial charge in [0.15, 0.2) is 0 Å². The van der Waals surface area contributed by atoms with Crippen LogP contribution in [0.1, 0.15) is 18.4 Å². The van der Waals surface area contributed by atoms with Crippen molar-refractivity contribution in [2.24, 2.45) is 5.92 Å². The van der Waals surface area contributed by atoms with Gasteiger partial charge >= 0.3 is 0 Å². The third kappa shape index (κ3) is 2.08. The van der Waals surface area contributed by atoms with Gasteiger partial charge in [0.2, 0.25) is 5.91 Å². The number of amides is 1. The van der Waals surface area contributed by atoms with Crippen LogP contribution < -0.4 is 5.32 Å². The van der Waals surface area contributed by atoms with Crippen LogP contribution in [0.3, 0.4) is 0 Å². The van der Waals surface area contributed by atoms with Crippen molar-refractivity contribution in [1.82, 2.24) is 10.2 Å². The predicted molar refractivity (Wildman–Crippen MR) is 68.0 cm³/mol. The number of benzene rings is 1. The molecule has 18 heavy (non-hydrogen) atoms. The molecule has 4 heteroatoms. The Hall–Kier alpha value is -1.55. The molecule has 0 saturated carbocycles. The summed E-state index contributed by atoms with van der Waals surface area (Å²) in [5.41, 5.74) is 0.988. The number of piperidine rings is 1. The maximum Gasteiger partial charge on any atom is 0.227 e. The van der Waals surface area contributed by atoms with Gasteiger partial charge in [0.25, 0.3) is 0 Å². The van der Waals surface area contributed by atoms with Crippen molar-refractivity contribution in [3.63, 3.8) is 0 Å². The number of carbonyl (C=O) groups is 1. The second kappa shape index (κ2) is 4.61. The van der Waals surface area contributed by atoms with E-state index >= 15 is 0 Å². The summed E-state index contributed by atoms with van der Waals surface area (Å²) in [6.07, 6.45) is 2.10. The van der Waals surface area contributed by atoms with E-state index in [2.05, 4.69) is 5.32 Å². The lowest BCUT2D eigenvalue weighted by atomic mass is 9.94. The topological polar surface area (TPSA) is 52.6 Å². The standard InChI is InChI=1S/C14H18N2O2/c17-11-4-1-3-10(7-11)8-16-9-13-12(14(16)18)5-2-6-15-13/h1,3-4,7,12-13,15,17H,2,5-6,8-9H2. The molecule has 2 aliphatic rings. The second-order valence-corrected chi connectivity index (χ2v) is 5.20. The first-order chi connectivity index (χ1) is 8.74. The number of carbonyl (C=O) groups excluding carboxylic acids is 1. The van der Waals surface area contributed by atoms with Gasteiger partial charge in [-0.1, -0.05) is 12.1 Å². The lowest BCUT2D eigenvalue weighted by molar-refractivity contribution is -0.131. The van der Waals surface area contributed by atoms with Crippen molar-refractivity contribution in [2.75, 3.05) is 13.1 Å². The minimum absolute atomic E-state index is 0.163. The van der Waals surface area contributed by atoms with Gasteiger partial charge in [0.1, 0.15) is 5.75 Å². The first-order valence-electron chi connectivity index (χ1n) is 6.54. The van der Waals surface area contributed by atoms with Gasteiger partial charge in [0, 0.05) is 19.1 Å². The van der Waals surface area contributed by atoms with Crippen LogP contribution in [0.2, 0.25) is 0 Å². The number of hydrogen-bond donors (Lipinski definition) is 2. The highest BCUT2D eigenvalue weighted by molar-refractivity contribution is 5.82. The third-order valence-electron chi connectivity index (χ3n) is 3.91. The maximum absolute atomic E-state index is 12.3. The number of nitrogens with one attached hydrogen (secondary N) is 1. The van der Waals surface area contributed by atoms with Crippen molar-refractivity contribution in [3.05, 3.63) is 29.8 Å². The molecule has 1 aromatic rings. The van der Waals surface area contributed by atoms with Crippen LogP contribution in [0.15, 0.2) is 24.3 Å². The SMILES string of the molecule is O=C1C2CCCNC2CN1Cc1cccc(O)c1. The highest BCUT2D eigenvalue weighted by Gasteiger charge is 2.41. The Morgan fingerprint density at radius 3 is 3.11 bits per heavy atom. The zero-order chi connectivity index (χ0) is 12.5. The zero-order valence-corrected chi connectivity index (χ0v) is 10.3. The number of phenols is 1. The van der Waals surface area contributed by atoms with Crippen LogP contribution in [-0.4, -0.2) is 35.0 Å². The molecular weight excluding hydrogens is 228 g/mol. The van der Waals surface area contributed by atoms with Crippen molar-refractivity contribution in [2.45, 2.75) is 25.4 Å². The molecule has 4 nitrogen and oxygen atoms in total. The average molecular weight is 246 g/mol. The van der Waals surface area contributed by atoms with E-state index in [1.807, 2.05) is 17.0 Å². The van der Waals surface area contributed by atoms with Crippen molar-refractivity contribution < 1.29 is 9.90 Å². The molecular formula is C14H18N2O2. The number of aromatic hydroxyl groups is 1. The van der Waals surface area contributed by atoms with Crippen LogP contribution in [0.5, 0.6) is 5.75 Å². The minimum atomic E-state index is 0.163. The highest BCUT2D eigenvalue weighted by Crippen LogP contribution is 2.27. The summed E-state index contributed by atoms with van der Waals surface area (Å²) in [5.74, 6) is 0.682. The van der Waals surface area contributed by atoms with Gasteiger partial charge in [-0.2, -0.15) is 0 Å². The summed E-state index contributed by atoms with van der Waals surface area (Å²) >= 11 is 0. The Balaban J connectivity index is 1.72. The quantitative estimate of drug-likeness (QED) is 0.821. The molecule has 0 radical (unpaired) electrons. The van der Waals surface area contributed by atoms with Crippen LogP contribution in [0, 0.1) is 5.92 Å². The van der Waals surface area contributed by atoms with Gasteiger partial charge < -0.3 is 15.3 Å². The lowest BCUT2D eigenvalue weighted by Gasteiger charge is -2.23. The molecule has 2 saturated heterocycles. The number of nitrogens with zero attached hydrogens (tertiary/aromatic N) is 1. The Morgan fingerprint density at radius 2 is 2.33 bits per heavy atom. The Bertz CT molecular complexity index is 461. The van der Waals surface area contributed by atoms with E-state index in [0.29, 0.717) is 12.6 Å². The van der Waals surface area contributed by atoms with Crippen LogP contribution in [0.4, 0.5) is 0 Å². The average Bonchev–Trinajstić information content (AvgIpc) is 2.67. The van der Waals surface area contributed by atoms with E-state index in [9.17, 15) is 9.90 Å². The summed E-state index contributed by atoms with van der Waals surface area (Å²) in [6, 6.07) is 7.46. The van der Waals surface area contributed by atoms with Gasteiger partial charge in [-0.15, -0.1) is 0 Å². The van der Waals surface area contributed by atoms with Gasteiger partial charge in [-0.3, -0.25) is 4.79 Å². The first kappa shape index (κ1) is 11.5. The fraction of sp³-hybridized carbons (Fsp3) is 0.500. The van der Waals surface area contributed by atoms with E-state index in [-0.39, 0.29) is 17.6 Å². The van der Waals surface area contributed by atoms with Crippen LogP contribution in [-0.2, 0) is 11.3 Å². The van der Waals surface area contributed by atoms with Gasteiger partial charge in [-0.05, 0) is 37.1 Å².